The molecule has 5 rings (SSSR count). The third-order valence-electron chi connectivity index (χ3n) is 10.6. The largest absolute Gasteiger partial charge is 0.508 e. The Labute approximate surface area is 266 Å². The van der Waals surface area contributed by atoms with Crippen LogP contribution in [-0.4, -0.2) is 69.1 Å². The summed E-state index contributed by atoms with van der Waals surface area (Å²) in [6.07, 6.45) is 21.6. The van der Waals surface area contributed by atoms with Crippen LogP contribution in [0.2, 0.25) is 0 Å². The SMILES string of the molecule is CCCCCCCCCCCC(=O)OCC(COC(=O)CC12C[C@H]3C[C@H](C1)C[C@@H](C2)C3)COC(=O)OCCCN1CCCC1. The second-order valence-corrected chi connectivity index (χ2v) is 14.7. The summed E-state index contributed by atoms with van der Waals surface area (Å²) in [6, 6.07) is 0. The number of esters is 2. The smallest absolute Gasteiger partial charge is 0.465 e. The zero-order chi connectivity index (χ0) is 31.0. The molecule has 44 heavy (non-hydrogen) atoms. The van der Waals surface area contributed by atoms with Crippen molar-refractivity contribution in [3.8, 4) is 0 Å². The third-order valence-corrected chi connectivity index (χ3v) is 10.6. The molecule has 0 amide bonds. The van der Waals surface area contributed by atoms with Gasteiger partial charge in [-0.3, -0.25) is 9.59 Å². The summed E-state index contributed by atoms with van der Waals surface area (Å²) in [7, 11) is 0. The van der Waals surface area contributed by atoms with Gasteiger partial charge in [0.05, 0.1) is 18.9 Å². The average molecular weight is 620 g/mol. The average Bonchev–Trinajstić information content (AvgIpc) is 3.51. The van der Waals surface area contributed by atoms with Gasteiger partial charge in [-0.05, 0) is 100 Å². The van der Waals surface area contributed by atoms with Crippen LogP contribution in [0.4, 0.5) is 4.79 Å². The number of nitrogens with zero attached hydrogens (tertiary/aromatic N) is 1. The van der Waals surface area contributed by atoms with E-state index in [2.05, 4.69) is 11.8 Å². The molecule has 0 aromatic heterocycles. The summed E-state index contributed by atoms with van der Waals surface area (Å²) >= 11 is 0. The fourth-order valence-corrected chi connectivity index (χ4v) is 8.76. The lowest BCUT2D eigenvalue weighted by molar-refractivity contribution is -0.155. The van der Waals surface area contributed by atoms with E-state index in [1.807, 2.05) is 0 Å². The molecule has 8 nitrogen and oxygen atoms in total. The lowest BCUT2D eigenvalue weighted by Crippen LogP contribution is -2.47. The molecule has 4 aliphatic carbocycles. The first-order valence-corrected chi connectivity index (χ1v) is 18.3. The normalized spacial score (nSPS) is 26.4. The Morgan fingerprint density at radius 3 is 1.84 bits per heavy atom. The number of likely N-dealkylation sites (tertiary alicyclic amines) is 1. The standard InChI is InChI=1S/C36H61NO7/c1-2-3-4-5-6-7-8-9-10-14-33(38)42-26-32(28-44-35(40)41-18-13-17-37-15-11-12-16-37)27-43-34(39)25-36-22-29-19-30(23-36)21-31(20-29)24-36/h29-32H,2-28H2,1H3/t29-,30-,31-,32?,36?. The minimum absolute atomic E-state index is 0.0130. The van der Waals surface area contributed by atoms with Crippen molar-refractivity contribution in [3.63, 3.8) is 0 Å². The Kier molecular flexibility index (Phi) is 15.1. The van der Waals surface area contributed by atoms with Crippen LogP contribution in [-0.2, 0) is 28.5 Å². The maximum Gasteiger partial charge on any atom is 0.508 e. The number of rotatable bonds is 22. The van der Waals surface area contributed by atoms with E-state index in [4.69, 9.17) is 18.9 Å². The van der Waals surface area contributed by atoms with Crippen LogP contribution in [0.1, 0.15) is 135 Å². The van der Waals surface area contributed by atoms with E-state index < -0.39 is 12.1 Å². The molecule has 1 atom stereocenters. The van der Waals surface area contributed by atoms with Gasteiger partial charge in [0.2, 0.25) is 0 Å². The highest BCUT2D eigenvalue weighted by Gasteiger charge is 2.51. The summed E-state index contributed by atoms with van der Waals surface area (Å²) < 4.78 is 22.0. The zero-order valence-electron chi connectivity index (χ0n) is 27.7. The highest BCUT2D eigenvalue weighted by molar-refractivity contribution is 5.70. The lowest BCUT2D eigenvalue weighted by Gasteiger charge is -2.56. The topological polar surface area (TPSA) is 91.4 Å². The van der Waals surface area contributed by atoms with Crippen molar-refractivity contribution >= 4 is 18.1 Å². The van der Waals surface area contributed by atoms with Gasteiger partial charge in [0.1, 0.15) is 19.8 Å². The highest BCUT2D eigenvalue weighted by atomic mass is 16.7. The Bertz CT molecular complexity index is 835. The van der Waals surface area contributed by atoms with Gasteiger partial charge >= 0.3 is 18.1 Å². The molecular formula is C36H61NO7. The van der Waals surface area contributed by atoms with Crippen LogP contribution in [0.15, 0.2) is 0 Å². The summed E-state index contributed by atoms with van der Waals surface area (Å²) in [5.74, 6) is 1.50. The van der Waals surface area contributed by atoms with E-state index in [0.717, 1.165) is 82.3 Å². The van der Waals surface area contributed by atoms with Crippen molar-refractivity contribution < 1.29 is 33.3 Å². The molecule has 4 saturated carbocycles. The second-order valence-electron chi connectivity index (χ2n) is 14.7. The van der Waals surface area contributed by atoms with Crippen LogP contribution < -0.4 is 0 Å². The van der Waals surface area contributed by atoms with Crippen molar-refractivity contribution in [2.45, 2.75) is 135 Å². The molecule has 0 aromatic carbocycles. The molecule has 1 saturated heterocycles. The Hall–Kier alpha value is -1.83. The molecule has 1 unspecified atom stereocenters. The maximum atomic E-state index is 13.0. The predicted octanol–water partition coefficient (Wildman–Crippen LogP) is 7.86. The van der Waals surface area contributed by atoms with Gasteiger partial charge in [-0.1, -0.05) is 58.3 Å². The fraction of sp³-hybridized carbons (Fsp3) is 0.917. The number of carbonyl (C=O) groups excluding carboxylic acids is 3. The fourth-order valence-electron chi connectivity index (χ4n) is 8.76. The zero-order valence-corrected chi connectivity index (χ0v) is 27.7. The quantitative estimate of drug-likeness (QED) is 0.0687. The summed E-state index contributed by atoms with van der Waals surface area (Å²) in [5, 5.41) is 0. The van der Waals surface area contributed by atoms with E-state index >= 15 is 0 Å². The molecule has 5 aliphatic rings. The van der Waals surface area contributed by atoms with Crippen molar-refractivity contribution in [3.05, 3.63) is 0 Å². The van der Waals surface area contributed by atoms with Gasteiger partial charge in [0, 0.05) is 13.0 Å². The number of unbranched alkanes of at least 4 members (excludes halogenated alkanes) is 8. The van der Waals surface area contributed by atoms with Gasteiger partial charge in [0.15, 0.2) is 0 Å². The Morgan fingerprint density at radius 2 is 1.23 bits per heavy atom. The van der Waals surface area contributed by atoms with Crippen LogP contribution >= 0.6 is 0 Å². The molecule has 252 valence electrons. The van der Waals surface area contributed by atoms with Crippen molar-refractivity contribution in [1.29, 1.82) is 0 Å². The van der Waals surface area contributed by atoms with E-state index in [0.29, 0.717) is 19.4 Å². The van der Waals surface area contributed by atoms with Gasteiger partial charge in [0.25, 0.3) is 0 Å². The van der Waals surface area contributed by atoms with E-state index in [-0.39, 0.29) is 37.2 Å². The Morgan fingerprint density at radius 1 is 0.682 bits per heavy atom. The van der Waals surface area contributed by atoms with Gasteiger partial charge in [-0.25, -0.2) is 4.79 Å². The molecule has 0 aromatic rings. The summed E-state index contributed by atoms with van der Waals surface area (Å²) in [5.41, 5.74) is 0.110. The first-order chi connectivity index (χ1) is 21.4. The Balaban J connectivity index is 1.14. The first kappa shape index (κ1) is 35.0. The number of ether oxygens (including phenoxy) is 4. The molecule has 0 N–H and O–H groups in total. The minimum Gasteiger partial charge on any atom is -0.465 e. The number of hydrogen-bond acceptors (Lipinski definition) is 8. The van der Waals surface area contributed by atoms with Crippen LogP contribution in [0, 0.1) is 29.1 Å². The molecule has 0 spiro atoms. The number of hydrogen-bond donors (Lipinski definition) is 0. The molecule has 1 aliphatic heterocycles. The van der Waals surface area contributed by atoms with Crippen LogP contribution in [0.5, 0.6) is 0 Å². The van der Waals surface area contributed by atoms with Crippen molar-refractivity contribution in [1.82, 2.24) is 4.90 Å². The van der Waals surface area contributed by atoms with Crippen molar-refractivity contribution in [2.75, 3.05) is 46.1 Å². The third kappa shape index (κ3) is 12.5. The highest BCUT2D eigenvalue weighted by Crippen LogP contribution is 2.61. The maximum absolute atomic E-state index is 13.0. The summed E-state index contributed by atoms with van der Waals surface area (Å²) in [4.78, 5) is 40.1. The second kappa shape index (κ2) is 19.0. The lowest BCUT2D eigenvalue weighted by atomic mass is 9.49. The first-order valence-electron chi connectivity index (χ1n) is 18.3. The predicted molar refractivity (Wildman–Crippen MR) is 170 cm³/mol. The molecule has 8 heteroatoms. The summed E-state index contributed by atoms with van der Waals surface area (Å²) in [6.45, 7) is 5.81. The van der Waals surface area contributed by atoms with Crippen LogP contribution in [0.25, 0.3) is 0 Å². The molecule has 1 heterocycles. The van der Waals surface area contributed by atoms with Gasteiger partial charge in [-0.15, -0.1) is 0 Å². The molecular weight excluding hydrogens is 558 g/mol. The minimum atomic E-state index is -0.725. The molecule has 0 radical (unpaired) electrons. The van der Waals surface area contributed by atoms with Gasteiger partial charge in [-0.2, -0.15) is 0 Å². The molecule has 4 bridgehead atoms. The van der Waals surface area contributed by atoms with E-state index in [1.54, 1.807) is 0 Å². The van der Waals surface area contributed by atoms with Crippen LogP contribution in [0.3, 0.4) is 0 Å². The molecule has 5 fully saturated rings. The van der Waals surface area contributed by atoms with Crippen molar-refractivity contribution in [2.24, 2.45) is 29.1 Å². The van der Waals surface area contributed by atoms with Gasteiger partial charge < -0.3 is 23.8 Å². The number of carbonyl (C=O) groups is 3. The monoisotopic (exact) mass is 619 g/mol. The van der Waals surface area contributed by atoms with E-state index in [1.165, 1.54) is 70.6 Å². The van der Waals surface area contributed by atoms with E-state index in [9.17, 15) is 14.4 Å².